The van der Waals surface area contributed by atoms with Gasteiger partial charge in [0, 0.05) is 12.8 Å². The molecule has 0 fully saturated rings. The third-order valence-electron chi connectivity index (χ3n) is 6.22. The van der Waals surface area contributed by atoms with Crippen LogP contribution in [0.2, 0.25) is 0 Å². The first kappa shape index (κ1) is 32.4. The van der Waals surface area contributed by atoms with Crippen LogP contribution in [-0.4, -0.2) is 75.2 Å². The van der Waals surface area contributed by atoms with Crippen molar-refractivity contribution in [3.8, 4) is 11.5 Å². The molecule has 0 saturated carbocycles. The van der Waals surface area contributed by atoms with E-state index in [9.17, 15) is 34.5 Å². The summed E-state index contributed by atoms with van der Waals surface area (Å²) in [4.78, 5) is 51.3. The van der Waals surface area contributed by atoms with Crippen LogP contribution in [0, 0.1) is 5.92 Å². The van der Waals surface area contributed by atoms with Crippen LogP contribution >= 0.6 is 11.8 Å². The lowest BCUT2D eigenvalue weighted by molar-refractivity contribution is -0.142. The third-order valence-corrected chi connectivity index (χ3v) is 6.86. The standard InChI is InChI=1S/C28H38N4O7S/c1-16(2)24(32-25(35)21(29)12-13-40-3)27(37)30-22(14-17-4-8-19(33)9-5-17)26(36)31-23(28(38)39)15-18-6-10-20(34)11-7-18/h4-11,16,21-24,33-34H,12-15,29H2,1-3H3,(H,30,37)(H,31,36)(H,32,35)(H,38,39). The fraction of sp³-hybridized carbons (Fsp3) is 0.429. The second-order valence-electron chi connectivity index (χ2n) is 9.82. The molecule has 0 saturated heterocycles. The van der Waals surface area contributed by atoms with Crippen molar-refractivity contribution < 1.29 is 34.5 Å². The fourth-order valence-electron chi connectivity index (χ4n) is 3.85. The average Bonchev–Trinajstić information content (AvgIpc) is 2.91. The smallest absolute Gasteiger partial charge is 0.326 e. The molecule has 218 valence electrons. The van der Waals surface area contributed by atoms with Crippen molar-refractivity contribution in [1.29, 1.82) is 0 Å². The maximum absolute atomic E-state index is 13.4. The Kier molecular flexibility index (Phi) is 12.8. The molecule has 0 bridgehead atoms. The number of phenols is 2. The van der Waals surface area contributed by atoms with Gasteiger partial charge in [0.15, 0.2) is 0 Å². The number of phenolic OH excluding ortho intramolecular Hbond substituents is 2. The van der Waals surface area contributed by atoms with E-state index >= 15 is 0 Å². The Morgan fingerprint density at radius 3 is 1.70 bits per heavy atom. The predicted octanol–water partition coefficient (Wildman–Crippen LogP) is 1.16. The summed E-state index contributed by atoms with van der Waals surface area (Å²) in [6.45, 7) is 3.48. The van der Waals surface area contributed by atoms with Crippen LogP contribution in [-0.2, 0) is 32.0 Å². The van der Waals surface area contributed by atoms with Crippen molar-refractivity contribution in [3.05, 3.63) is 59.7 Å². The summed E-state index contributed by atoms with van der Waals surface area (Å²) in [5, 5.41) is 36.7. The first-order chi connectivity index (χ1) is 18.9. The molecular weight excluding hydrogens is 536 g/mol. The van der Waals surface area contributed by atoms with Crippen LogP contribution in [0.4, 0.5) is 0 Å². The normalized spacial score (nSPS) is 14.0. The summed E-state index contributed by atoms with van der Waals surface area (Å²) < 4.78 is 0. The van der Waals surface area contributed by atoms with E-state index in [1.807, 2.05) is 6.26 Å². The van der Waals surface area contributed by atoms with E-state index in [1.165, 1.54) is 24.3 Å². The number of aromatic hydroxyl groups is 2. The number of carbonyl (C=O) groups is 4. The Labute approximate surface area is 237 Å². The molecule has 0 aliphatic rings. The van der Waals surface area contributed by atoms with E-state index in [4.69, 9.17) is 5.73 Å². The highest BCUT2D eigenvalue weighted by atomic mass is 32.2. The first-order valence-corrected chi connectivity index (χ1v) is 14.2. The number of nitrogens with one attached hydrogen (secondary N) is 3. The maximum atomic E-state index is 13.4. The van der Waals surface area contributed by atoms with Crippen molar-refractivity contribution in [2.24, 2.45) is 11.7 Å². The molecular formula is C28H38N4O7S. The van der Waals surface area contributed by atoms with Gasteiger partial charge in [-0.3, -0.25) is 14.4 Å². The SMILES string of the molecule is CSCCC(N)C(=O)NC(C(=O)NC(Cc1ccc(O)cc1)C(=O)NC(Cc1ccc(O)cc1)C(=O)O)C(C)C. The second kappa shape index (κ2) is 15.7. The van der Waals surface area contributed by atoms with Gasteiger partial charge in [-0.05, 0) is 59.7 Å². The zero-order chi connectivity index (χ0) is 29.8. The number of carbonyl (C=O) groups excluding carboxylic acids is 3. The zero-order valence-corrected chi connectivity index (χ0v) is 23.6. The Balaban J connectivity index is 2.24. The molecule has 4 atom stereocenters. The quantitative estimate of drug-likeness (QED) is 0.164. The molecule has 2 rings (SSSR count). The van der Waals surface area contributed by atoms with Gasteiger partial charge in [-0.2, -0.15) is 11.8 Å². The zero-order valence-electron chi connectivity index (χ0n) is 22.8. The second-order valence-corrected chi connectivity index (χ2v) is 10.8. The monoisotopic (exact) mass is 574 g/mol. The molecule has 11 nitrogen and oxygen atoms in total. The summed E-state index contributed by atoms with van der Waals surface area (Å²) in [7, 11) is 0. The number of hydrogen-bond donors (Lipinski definition) is 7. The molecule has 0 aromatic heterocycles. The van der Waals surface area contributed by atoms with Crippen LogP contribution in [0.15, 0.2) is 48.5 Å². The van der Waals surface area contributed by atoms with Crippen LogP contribution in [0.5, 0.6) is 11.5 Å². The van der Waals surface area contributed by atoms with Crippen LogP contribution in [0.25, 0.3) is 0 Å². The average molecular weight is 575 g/mol. The molecule has 0 radical (unpaired) electrons. The Bertz CT molecular complexity index is 1140. The third kappa shape index (κ3) is 10.4. The first-order valence-electron chi connectivity index (χ1n) is 12.9. The highest BCUT2D eigenvalue weighted by Gasteiger charge is 2.32. The van der Waals surface area contributed by atoms with Gasteiger partial charge in [0.2, 0.25) is 17.7 Å². The van der Waals surface area contributed by atoms with Crippen molar-refractivity contribution in [2.75, 3.05) is 12.0 Å². The molecule has 4 unspecified atom stereocenters. The molecule has 3 amide bonds. The number of thioether (sulfide) groups is 1. The molecule has 12 heteroatoms. The largest absolute Gasteiger partial charge is 0.508 e. The lowest BCUT2D eigenvalue weighted by atomic mass is 9.99. The highest BCUT2D eigenvalue weighted by Crippen LogP contribution is 2.14. The molecule has 40 heavy (non-hydrogen) atoms. The number of nitrogens with two attached hydrogens (primary N) is 1. The van der Waals surface area contributed by atoms with Gasteiger partial charge in [-0.1, -0.05) is 38.1 Å². The fourth-order valence-corrected chi connectivity index (χ4v) is 4.34. The lowest BCUT2D eigenvalue weighted by Crippen LogP contribution is -2.59. The number of hydrogen-bond acceptors (Lipinski definition) is 8. The van der Waals surface area contributed by atoms with Gasteiger partial charge in [0.1, 0.15) is 29.6 Å². The number of amides is 3. The highest BCUT2D eigenvalue weighted by molar-refractivity contribution is 7.98. The van der Waals surface area contributed by atoms with Gasteiger partial charge < -0.3 is 37.0 Å². The molecule has 0 spiro atoms. The Morgan fingerprint density at radius 1 is 0.775 bits per heavy atom. The molecule has 2 aromatic rings. The number of carboxylic acids is 1. The van der Waals surface area contributed by atoms with E-state index in [0.717, 1.165) is 0 Å². The van der Waals surface area contributed by atoms with Gasteiger partial charge in [0.25, 0.3) is 0 Å². The number of carboxylic acid groups (broad SMARTS) is 1. The van der Waals surface area contributed by atoms with Crippen molar-refractivity contribution in [3.63, 3.8) is 0 Å². The van der Waals surface area contributed by atoms with E-state index in [1.54, 1.807) is 49.9 Å². The van der Waals surface area contributed by atoms with Crippen molar-refractivity contribution >= 4 is 35.5 Å². The number of benzene rings is 2. The van der Waals surface area contributed by atoms with E-state index < -0.39 is 47.9 Å². The van der Waals surface area contributed by atoms with E-state index in [0.29, 0.717) is 23.3 Å². The van der Waals surface area contributed by atoms with Gasteiger partial charge in [-0.25, -0.2) is 4.79 Å². The molecule has 8 N–H and O–H groups in total. The molecule has 2 aromatic carbocycles. The number of aliphatic carboxylic acids is 1. The summed E-state index contributed by atoms with van der Waals surface area (Å²) in [6, 6.07) is 7.67. The minimum absolute atomic E-state index is 0.00456. The maximum Gasteiger partial charge on any atom is 0.326 e. The minimum atomic E-state index is -1.31. The molecule has 0 aliphatic heterocycles. The van der Waals surface area contributed by atoms with Crippen molar-refractivity contribution in [1.82, 2.24) is 16.0 Å². The van der Waals surface area contributed by atoms with Gasteiger partial charge in [0.05, 0.1) is 6.04 Å². The lowest BCUT2D eigenvalue weighted by Gasteiger charge is -2.27. The Morgan fingerprint density at radius 2 is 1.25 bits per heavy atom. The number of rotatable bonds is 15. The van der Waals surface area contributed by atoms with Crippen molar-refractivity contribution in [2.45, 2.75) is 57.3 Å². The van der Waals surface area contributed by atoms with Crippen LogP contribution < -0.4 is 21.7 Å². The predicted molar refractivity (Wildman–Crippen MR) is 153 cm³/mol. The molecule has 0 aliphatic carbocycles. The van der Waals surface area contributed by atoms with E-state index in [-0.39, 0.29) is 30.3 Å². The summed E-state index contributed by atoms with van der Waals surface area (Å²) in [5.41, 5.74) is 7.14. The van der Waals surface area contributed by atoms with Gasteiger partial charge >= 0.3 is 5.97 Å². The van der Waals surface area contributed by atoms with E-state index in [2.05, 4.69) is 16.0 Å². The minimum Gasteiger partial charge on any atom is -0.508 e. The summed E-state index contributed by atoms with van der Waals surface area (Å²) >= 11 is 1.55. The Hall–Kier alpha value is -3.77. The summed E-state index contributed by atoms with van der Waals surface area (Å²) in [5.74, 6) is -2.73. The van der Waals surface area contributed by atoms with Crippen LogP contribution in [0.3, 0.4) is 0 Å². The topological polar surface area (TPSA) is 191 Å². The molecule has 0 heterocycles. The van der Waals surface area contributed by atoms with Gasteiger partial charge in [-0.15, -0.1) is 0 Å². The summed E-state index contributed by atoms with van der Waals surface area (Å²) in [6.07, 6.45) is 2.27. The van der Waals surface area contributed by atoms with Crippen LogP contribution in [0.1, 0.15) is 31.4 Å².